The van der Waals surface area contributed by atoms with Crippen LogP contribution in [0.4, 0.5) is 0 Å². The SMILES string of the molecule is CCNC(=NCC(O)c1cccc(Cl)c1)NC1CCc2nc(C)nn2C1. The van der Waals surface area contributed by atoms with Crippen molar-refractivity contribution in [2.24, 2.45) is 4.99 Å². The molecule has 2 aromatic rings. The molecule has 8 heteroatoms. The van der Waals surface area contributed by atoms with Crippen LogP contribution in [-0.2, 0) is 13.0 Å². The Hall–Kier alpha value is -2.12. The van der Waals surface area contributed by atoms with Crippen LogP contribution in [0, 0.1) is 6.92 Å². The van der Waals surface area contributed by atoms with E-state index in [-0.39, 0.29) is 12.6 Å². The molecule has 3 N–H and O–H groups in total. The van der Waals surface area contributed by atoms with Crippen molar-refractivity contribution in [1.29, 1.82) is 0 Å². The molecule has 1 aliphatic heterocycles. The minimum absolute atomic E-state index is 0.227. The number of hydrogen-bond donors (Lipinski definition) is 3. The monoisotopic (exact) mass is 376 g/mol. The second-order valence-corrected chi connectivity index (χ2v) is 6.86. The van der Waals surface area contributed by atoms with Crippen LogP contribution in [0.2, 0.25) is 5.02 Å². The lowest BCUT2D eigenvalue weighted by atomic mass is 10.1. The third kappa shape index (κ3) is 4.74. The standard InChI is InChI=1S/C18H25ClN6O/c1-3-20-18(21-10-16(26)13-5-4-6-14(19)9-13)23-15-7-8-17-22-12(2)24-25(17)11-15/h4-6,9,15-16,26H,3,7-8,10-11H2,1-2H3,(H2,20,21,23). The van der Waals surface area contributed by atoms with Gasteiger partial charge < -0.3 is 15.7 Å². The topological polar surface area (TPSA) is 87.4 Å². The van der Waals surface area contributed by atoms with Crippen molar-refractivity contribution < 1.29 is 5.11 Å². The molecule has 1 aliphatic rings. The first-order chi connectivity index (χ1) is 12.5. The number of nitrogens with zero attached hydrogens (tertiary/aromatic N) is 4. The Balaban J connectivity index is 1.62. The van der Waals surface area contributed by atoms with E-state index in [2.05, 4.69) is 25.7 Å². The molecule has 2 atom stereocenters. The number of guanidine groups is 1. The van der Waals surface area contributed by atoms with E-state index in [1.807, 2.05) is 30.7 Å². The van der Waals surface area contributed by atoms with Gasteiger partial charge in [0.2, 0.25) is 0 Å². The maximum Gasteiger partial charge on any atom is 0.191 e. The quantitative estimate of drug-likeness (QED) is 0.547. The first-order valence-corrected chi connectivity index (χ1v) is 9.31. The van der Waals surface area contributed by atoms with E-state index >= 15 is 0 Å². The molecule has 0 bridgehead atoms. The Morgan fingerprint density at radius 2 is 2.35 bits per heavy atom. The van der Waals surface area contributed by atoms with E-state index in [1.165, 1.54) is 0 Å². The first kappa shape index (κ1) is 18.7. The number of aliphatic hydroxyl groups excluding tert-OH is 1. The number of nitrogens with one attached hydrogen (secondary N) is 2. The van der Waals surface area contributed by atoms with Gasteiger partial charge in [0.15, 0.2) is 5.96 Å². The van der Waals surface area contributed by atoms with Crippen LogP contribution in [0.5, 0.6) is 0 Å². The summed E-state index contributed by atoms with van der Waals surface area (Å²) in [6, 6.07) is 7.45. The van der Waals surface area contributed by atoms with Crippen LogP contribution in [0.25, 0.3) is 0 Å². The van der Waals surface area contributed by atoms with E-state index in [1.54, 1.807) is 12.1 Å². The predicted octanol–water partition coefficient (Wildman–Crippen LogP) is 1.84. The molecule has 0 spiro atoms. The van der Waals surface area contributed by atoms with Crippen molar-refractivity contribution in [1.82, 2.24) is 25.4 Å². The second kappa shape index (κ2) is 8.51. The Bertz CT molecular complexity index is 775. The molecule has 140 valence electrons. The Morgan fingerprint density at radius 3 is 3.12 bits per heavy atom. The summed E-state index contributed by atoms with van der Waals surface area (Å²) in [4.78, 5) is 8.97. The van der Waals surface area contributed by atoms with Gasteiger partial charge in [-0.2, -0.15) is 5.10 Å². The number of rotatable bonds is 5. The van der Waals surface area contributed by atoms with Crippen LogP contribution >= 0.6 is 11.6 Å². The summed E-state index contributed by atoms with van der Waals surface area (Å²) in [5, 5.41) is 22.1. The Kier molecular flexibility index (Phi) is 6.11. The molecule has 7 nitrogen and oxygen atoms in total. The van der Waals surface area contributed by atoms with E-state index < -0.39 is 6.10 Å². The average Bonchev–Trinajstić information content (AvgIpc) is 2.99. The van der Waals surface area contributed by atoms with Crippen LogP contribution in [0.15, 0.2) is 29.3 Å². The van der Waals surface area contributed by atoms with Crippen LogP contribution in [-0.4, -0.2) is 45.0 Å². The minimum atomic E-state index is -0.694. The molecule has 0 fully saturated rings. The Morgan fingerprint density at radius 1 is 1.50 bits per heavy atom. The van der Waals surface area contributed by atoms with Gasteiger partial charge in [0.05, 0.1) is 19.2 Å². The molecule has 0 saturated heterocycles. The normalized spacial score (nSPS) is 18.3. The van der Waals surface area contributed by atoms with Gasteiger partial charge in [-0.1, -0.05) is 23.7 Å². The van der Waals surface area contributed by atoms with Gasteiger partial charge in [-0.3, -0.25) is 4.99 Å². The summed E-state index contributed by atoms with van der Waals surface area (Å²) in [6.07, 6.45) is 1.17. The molecule has 26 heavy (non-hydrogen) atoms. The lowest BCUT2D eigenvalue weighted by Crippen LogP contribution is -2.47. The van der Waals surface area contributed by atoms with Gasteiger partial charge in [0.1, 0.15) is 11.6 Å². The van der Waals surface area contributed by atoms with E-state index in [0.29, 0.717) is 11.0 Å². The zero-order chi connectivity index (χ0) is 18.5. The maximum absolute atomic E-state index is 10.4. The van der Waals surface area contributed by atoms with Crippen molar-refractivity contribution in [2.45, 2.75) is 45.4 Å². The average molecular weight is 377 g/mol. The highest BCUT2D eigenvalue weighted by Gasteiger charge is 2.21. The minimum Gasteiger partial charge on any atom is -0.386 e. The summed E-state index contributed by atoms with van der Waals surface area (Å²) in [5.74, 6) is 2.55. The molecule has 0 saturated carbocycles. The van der Waals surface area contributed by atoms with Crippen molar-refractivity contribution in [3.63, 3.8) is 0 Å². The largest absolute Gasteiger partial charge is 0.386 e. The predicted molar refractivity (Wildman–Crippen MR) is 102 cm³/mol. The number of aromatic nitrogens is 3. The van der Waals surface area contributed by atoms with Crippen LogP contribution in [0.3, 0.4) is 0 Å². The molecule has 0 radical (unpaired) electrons. The van der Waals surface area contributed by atoms with Gasteiger partial charge >= 0.3 is 0 Å². The van der Waals surface area contributed by atoms with E-state index in [0.717, 1.165) is 43.1 Å². The number of hydrogen-bond acceptors (Lipinski definition) is 4. The molecule has 0 aliphatic carbocycles. The molecular formula is C18H25ClN6O. The molecule has 2 unspecified atom stereocenters. The highest BCUT2D eigenvalue weighted by Crippen LogP contribution is 2.18. The van der Waals surface area contributed by atoms with E-state index in [4.69, 9.17) is 11.6 Å². The summed E-state index contributed by atoms with van der Waals surface area (Å²) in [7, 11) is 0. The molecule has 1 aromatic heterocycles. The number of benzene rings is 1. The van der Waals surface area contributed by atoms with Crippen molar-refractivity contribution >= 4 is 17.6 Å². The third-order valence-corrected chi connectivity index (χ3v) is 4.54. The number of aryl methyl sites for hydroxylation is 2. The molecule has 3 rings (SSSR count). The fraction of sp³-hybridized carbons (Fsp3) is 0.500. The van der Waals surface area contributed by atoms with Crippen LogP contribution < -0.4 is 10.6 Å². The van der Waals surface area contributed by atoms with Gasteiger partial charge in [-0.15, -0.1) is 0 Å². The second-order valence-electron chi connectivity index (χ2n) is 6.43. The van der Waals surface area contributed by atoms with E-state index in [9.17, 15) is 5.11 Å². The number of aliphatic hydroxyl groups is 1. The lowest BCUT2D eigenvalue weighted by Gasteiger charge is -2.25. The third-order valence-electron chi connectivity index (χ3n) is 4.30. The smallest absolute Gasteiger partial charge is 0.191 e. The fourth-order valence-electron chi connectivity index (χ4n) is 3.06. The van der Waals surface area contributed by atoms with Crippen LogP contribution in [0.1, 0.15) is 36.7 Å². The van der Waals surface area contributed by atoms with Gasteiger partial charge in [0, 0.05) is 24.0 Å². The highest BCUT2D eigenvalue weighted by molar-refractivity contribution is 6.30. The fourth-order valence-corrected chi connectivity index (χ4v) is 3.26. The van der Waals surface area contributed by atoms with Crippen molar-refractivity contribution in [3.8, 4) is 0 Å². The summed E-state index contributed by atoms with van der Waals surface area (Å²) >= 11 is 5.99. The molecular weight excluding hydrogens is 352 g/mol. The summed E-state index contributed by atoms with van der Waals surface area (Å²) < 4.78 is 1.96. The summed E-state index contributed by atoms with van der Waals surface area (Å²) in [6.45, 7) is 5.70. The first-order valence-electron chi connectivity index (χ1n) is 8.94. The van der Waals surface area contributed by atoms with Gasteiger partial charge in [-0.25, -0.2) is 9.67 Å². The highest BCUT2D eigenvalue weighted by atomic mass is 35.5. The van der Waals surface area contributed by atoms with Gasteiger partial charge in [0.25, 0.3) is 0 Å². The summed E-state index contributed by atoms with van der Waals surface area (Å²) in [5.41, 5.74) is 0.762. The Labute approximate surface area is 158 Å². The molecule has 1 aromatic carbocycles. The van der Waals surface area contributed by atoms with Crippen molar-refractivity contribution in [2.75, 3.05) is 13.1 Å². The number of halogens is 1. The zero-order valence-corrected chi connectivity index (χ0v) is 15.9. The number of aliphatic imine (C=N–C) groups is 1. The molecule has 0 amide bonds. The molecule has 2 heterocycles. The van der Waals surface area contributed by atoms with Gasteiger partial charge in [-0.05, 0) is 38.0 Å². The maximum atomic E-state index is 10.4. The zero-order valence-electron chi connectivity index (χ0n) is 15.1. The number of fused-ring (bicyclic) bond motifs is 1. The van der Waals surface area contributed by atoms with Crippen molar-refractivity contribution in [3.05, 3.63) is 46.5 Å². The lowest BCUT2D eigenvalue weighted by molar-refractivity contribution is 0.187.